The smallest absolute Gasteiger partial charge is 0.0624 e. The number of hydrogen-bond donors (Lipinski definition) is 1. The molecule has 0 spiro atoms. The maximum absolute atomic E-state index is 9.93. The zero-order valence-corrected chi connectivity index (χ0v) is 10.6. The van der Waals surface area contributed by atoms with Crippen LogP contribution in [-0.4, -0.2) is 73.0 Å². The van der Waals surface area contributed by atoms with Gasteiger partial charge in [-0.3, -0.25) is 4.90 Å². The molecular weight excluding hydrogens is 216 g/mol. The van der Waals surface area contributed by atoms with E-state index in [1.165, 1.54) is 39.0 Å². The molecule has 0 aromatic carbocycles. The summed E-state index contributed by atoms with van der Waals surface area (Å²) in [6, 6.07) is 0.903. The number of piperazine rings is 1. The molecule has 2 heterocycles. The van der Waals surface area contributed by atoms with Gasteiger partial charge in [0, 0.05) is 51.3 Å². The van der Waals surface area contributed by atoms with Crippen molar-refractivity contribution in [3.05, 3.63) is 0 Å². The molecule has 0 amide bonds. The monoisotopic (exact) mass is 240 g/mol. The van der Waals surface area contributed by atoms with Gasteiger partial charge in [0.2, 0.25) is 0 Å². The van der Waals surface area contributed by atoms with Gasteiger partial charge in [0.15, 0.2) is 0 Å². The Kier molecular flexibility index (Phi) is 3.66. The Morgan fingerprint density at radius 1 is 1.06 bits per heavy atom. The number of aliphatic hydroxyl groups excluding tert-OH is 1. The van der Waals surface area contributed by atoms with E-state index in [9.17, 15) is 5.11 Å². The summed E-state index contributed by atoms with van der Waals surface area (Å²) >= 11 is 0. The maximum Gasteiger partial charge on any atom is 0.0624 e. The molecule has 2 unspecified atom stereocenters. The van der Waals surface area contributed by atoms with Gasteiger partial charge in [-0.2, -0.15) is 0 Å². The topological polar surface area (TPSA) is 35.9 Å². The summed E-state index contributed by atoms with van der Waals surface area (Å²) in [5.41, 5.74) is 0. The predicted molar refractivity (Wildman–Crippen MR) is 66.0 cm³/mol. The Bertz CT molecular complexity index is 250. The van der Waals surface area contributed by atoms with Gasteiger partial charge in [0.05, 0.1) is 12.7 Å². The molecular formula is C13H24N2O2. The first kappa shape index (κ1) is 11.9. The average molecular weight is 240 g/mol. The largest absolute Gasteiger partial charge is 0.393 e. The van der Waals surface area contributed by atoms with Crippen molar-refractivity contribution < 1.29 is 9.84 Å². The van der Waals surface area contributed by atoms with E-state index < -0.39 is 0 Å². The second-order valence-corrected chi connectivity index (χ2v) is 5.76. The highest BCUT2D eigenvalue weighted by Gasteiger charge is 2.32. The number of hydrogen-bond acceptors (Lipinski definition) is 4. The van der Waals surface area contributed by atoms with Crippen LogP contribution in [0.1, 0.15) is 19.3 Å². The third-order valence-corrected chi connectivity index (χ3v) is 4.40. The Labute approximate surface area is 104 Å². The van der Waals surface area contributed by atoms with Crippen LogP contribution in [0.15, 0.2) is 0 Å². The molecule has 2 saturated heterocycles. The Hall–Kier alpha value is -0.160. The standard InChI is InChI=1S/C13H24N2O2/c16-13-3-8-17-10-11(13)9-14-4-6-15(7-5-14)12-1-2-12/h11-13,16H,1-10H2. The van der Waals surface area contributed by atoms with Crippen LogP contribution in [0.2, 0.25) is 0 Å². The van der Waals surface area contributed by atoms with E-state index in [-0.39, 0.29) is 6.10 Å². The first-order chi connectivity index (χ1) is 8.33. The highest BCUT2D eigenvalue weighted by molar-refractivity contribution is 4.88. The van der Waals surface area contributed by atoms with E-state index in [2.05, 4.69) is 9.80 Å². The van der Waals surface area contributed by atoms with Crippen molar-refractivity contribution in [1.29, 1.82) is 0 Å². The Morgan fingerprint density at radius 3 is 2.47 bits per heavy atom. The number of nitrogens with zero attached hydrogens (tertiary/aromatic N) is 2. The molecule has 2 aliphatic heterocycles. The lowest BCUT2D eigenvalue weighted by Gasteiger charge is -2.38. The molecule has 3 rings (SSSR count). The third kappa shape index (κ3) is 2.99. The molecule has 98 valence electrons. The van der Waals surface area contributed by atoms with Gasteiger partial charge < -0.3 is 14.7 Å². The fourth-order valence-electron chi connectivity index (χ4n) is 3.04. The zero-order valence-electron chi connectivity index (χ0n) is 10.6. The van der Waals surface area contributed by atoms with Crippen LogP contribution >= 0.6 is 0 Å². The molecule has 17 heavy (non-hydrogen) atoms. The van der Waals surface area contributed by atoms with E-state index in [0.29, 0.717) is 5.92 Å². The van der Waals surface area contributed by atoms with E-state index in [4.69, 9.17) is 4.74 Å². The minimum Gasteiger partial charge on any atom is -0.393 e. The summed E-state index contributed by atoms with van der Waals surface area (Å²) in [7, 11) is 0. The molecule has 1 aliphatic carbocycles. The summed E-state index contributed by atoms with van der Waals surface area (Å²) in [4.78, 5) is 5.13. The van der Waals surface area contributed by atoms with E-state index >= 15 is 0 Å². The molecule has 0 aromatic heterocycles. The van der Waals surface area contributed by atoms with E-state index in [1.54, 1.807) is 0 Å². The van der Waals surface area contributed by atoms with Crippen molar-refractivity contribution in [2.24, 2.45) is 5.92 Å². The second-order valence-electron chi connectivity index (χ2n) is 5.76. The van der Waals surface area contributed by atoms with Crippen molar-refractivity contribution in [3.63, 3.8) is 0 Å². The first-order valence-corrected chi connectivity index (χ1v) is 7.05. The molecule has 4 nitrogen and oxygen atoms in total. The molecule has 0 radical (unpaired) electrons. The Morgan fingerprint density at radius 2 is 1.82 bits per heavy atom. The summed E-state index contributed by atoms with van der Waals surface area (Å²) in [5, 5.41) is 9.93. The van der Waals surface area contributed by atoms with Crippen molar-refractivity contribution in [1.82, 2.24) is 9.80 Å². The quantitative estimate of drug-likeness (QED) is 0.762. The van der Waals surface area contributed by atoms with Crippen LogP contribution in [0.25, 0.3) is 0 Å². The fraction of sp³-hybridized carbons (Fsp3) is 1.00. The predicted octanol–water partition coefficient (Wildman–Crippen LogP) is 0.164. The molecule has 0 bridgehead atoms. The van der Waals surface area contributed by atoms with Gasteiger partial charge in [0.25, 0.3) is 0 Å². The maximum atomic E-state index is 9.93. The number of ether oxygens (including phenoxy) is 1. The summed E-state index contributed by atoms with van der Waals surface area (Å²) in [6.45, 7) is 7.25. The molecule has 1 N–H and O–H groups in total. The van der Waals surface area contributed by atoms with Crippen LogP contribution in [0.4, 0.5) is 0 Å². The molecule has 4 heteroatoms. The lowest BCUT2D eigenvalue weighted by molar-refractivity contribution is -0.0504. The van der Waals surface area contributed by atoms with Crippen molar-refractivity contribution in [2.75, 3.05) is 45.9 Å². The van der Waals surface area contributed by atoms with E-state index in [0.717, 1.165) is 32.2 Å². The SMILES string of the molecule is OC1CCOCC1CN1CCN(C2CC2)CC1. The molecule has 1 saturated carbocycles. The Balaban J connectivity index is 1.43. The highest BCUT2D eigenvalue weighted by Crippen LogP contribution is 2.27. The van der Waals surface area contributed by atoms with Crippen LogP contribution in [-0.2, 0) is 4.74 Å². The van der Waals surface area contributed by atoms with Crippen LogP contribution < -0.4 is 0 Å². The molecule has 2 atom stereocenters. The van der Waals surface area contributed by atoms with Crippen LogP contribution in [0.3, 0.4) is 0 Å². The molecule has 0 aromatic rings. The van der Waals surface area contributed by atoms with Crippen molar-refractivity contribution in [2.45, 2.75) is 31.4 Å². The van der Waals surface area contributed by atoms with Gasteiger partial charge in [-0.15, -0.1) is 0 Å². The first-order valence-electron chi connectivity index (χ1n) is 7.05. The lowest BCUT2D eigenvalue weighted by Crippen LogP contribution is -2.50. The summed E-state index contributed by atoms with van der Waals surface area (Å²) in [6.07, 6.45) is 3.49. The van der Waals surface area contributed by atoms with Gasteiger partial charge >= 0.3 is 0 Å². The number of aliphatic hydroxyl groups is 1. The average Bonchev–Trinajstić information content (AvgIpc) is 3.17. The van der Waals surface area contributed by atoms with Crippen LogP contribution in [0.5, 0.6) is 0 Å². The lowest BCUT2D eigenvalue weighted by atomic mass is 9.98. The number of rotatable bonds is 3. The zero-order chi connectivity index (χ0) is 11.7. The van der Waals surface area contributed by atoms with Gasteiger partial charge in [-0.25, -0.2) is 0 Å². The van der Waals surface area contributed by atoms with Gasteiger partial charge in [-0.1, -0.05) is 0 Å². The second kappa shape index (κ2) is 5.22. The fourth-order valence-corrected chi connectivity index (χ4v) is 3.04. The summed E-state index contributed by atoms with van der Waals surface area (Å²) in [5.74, 6) is 0.330. The molecule has 3 fully saturated rings. The van der Waals surface area contributed by atoms with Gasteiger partial charge in [-0.05, 0) is 19.3 Å². The normalized spacial score (nSPS) is 37.2. The minimum atomic E-state index is -0.148. The van der Waals surface area contributed by atoms with Crippen LogP contribution in [0, 0.1) is 5.92 Å². The van der Waals surface area contributed by atoms with Gasteiger partial charge in [0.1, 0.15) is 0 Å². The minimum absolute atomic E-state index is 0.148. The summed E-state index contributed by atoms with van der Waals surface area (Å²) < 4.78 is 5.47. The highest BCUT2D eigenvalue weighted by atomic mass is 16.5. The van der Waals surface area contributed by atoms with Crippen molar-refractivity contribution >= 4 is 0 Å². The van der Waals surface area contributed by atoms with Crippen molar-refractivity contribution in [3.8, 4) is 0 Å². The van der Waals surface area contributed by atoms with E-state index in [1.807, 2.05) is 0 Å². The molecule has 3 aliphatic rings. The third-order valence-electron chi connectivity index (χ3n) is 4.40.